The van der Waals surface area contributed by atoms with Gasteiger partial charge in [-0.3, -0.25) is 5.43 Å². The van der Waals surface area contributed by atoms with Gasteiger partial charge in [0.2, 0.25) is 0 Å². The van der Waals surface area contributed by atoms with Crippen LogP contribution >= 0.6 is 11.8 Å². The second-order valence-electron chi connectivity index (χ2n) is 7.14. The van der Waals surface area contributed by atoms with Gasteiger partial charge in [0.1, 0.15) is 5.52 Å². The Bertz CT molecular complexity index is 1190. The lowest BCUT2D eigenvalue weighted by atomic mass is 10.0. The van der Waals surface area contributed by atoms with Crippen molar-refractivity contribution in [1.82, 2.24) is 4.98 Å². The summed E-state index contributed by atoms with van der Waals surface area (Å²) in [6.45, 7) is 0. The summed E-state index contributed by atoms with van der Waals surface area (Å²) >= 11 is 1.63. The molecule has 144 valence electrons. The molecular formula is C24H21N3OS. The summed E-state index contributed by atoms with van der Waals surface area (Å²) in [6.07, 6.45) is 6.42. The third-order valence-electron chi connectivity index (χ3n) is 5.11. The van der Waals surface area contributed by atoms with Crippen molar-refractivity contribution in [3.8, 4) is 0 Å². The number of para-hydroxylation sites is 2. The summed E-state index contributed by atoms with van der Waals surface area (Å²) in [4.78, 5) is 5.90. The Hall–Kier alpha value is -3.05. The highest BCUT2D eigenvalue weighted by Crippen LogP contribution is 2.37. The standard InChI is InChI=1S/C24H21N3OS/c1-2-8-18-15-20(14-13-17(18)7-1)27-25-16-19-9-3-6-12-23(19)29-24-26-21-10-4-5-11-22(21)28-24/h1-2,4-5,7-8,10-11,13-16,27H,3,6,9,12H2. The summed E-state index contributed by atoms with van der Waals surface area (Å²) in [5.41, 5.74) is 7.16. The number of fused-ring (bicyclic) bond motifs is 2. The highest BCUT2D eigenvalue weighted by Gasteiger charge is 2.16. The number of rotatable bonds is 5. The Morgan fingerprint density at radius 1 is 0.931 bits per heavy atom. The fraction of sp³-hybridized carbons (Fsp3) is 0.167. The molecule has 5 rings (SSSR count). The fourth-order valence-corrected chi connectivity index (χ4v) is 4.62. The van der Waals surface area contributed by atoms with Gasteiger partial charge < -0.3 is 4.42 Å². The summed E-state index contributed by atoms with van der Waals surface area (Å²) in [7, 11) is 0. The average Bonchev–Trinajstić information content (AvgIpc) is 3.17. The summed E-state index contributed by atoms with van der Waals surface area (Å²) < 4.78 is 5.89. The zero-order chi connectivity index (χ0) is 19.5. The first-order valence-corrected chi connectivity index (χ1v) is 10.7. The Morgan fingerprint density at radius 2 is 1.76 bits per heavy atom. The largest absolute Gasteiger partial charge is 0.431 e. The Kier molecular flexibility index (Phi) is 5.05. The third kappa shape index (κ3) is 4.05. The second-order valence-corrected chi connectivity index (χ2v) is 8.18. The lowest BCUT2D eigenvalue weighted by Crippen LogP contribution is -2.00. The van der Waals surface area contributed by atoms with Crippen LogP contribution in [0.3, 0.4) is 0 Å². The van der Waals surface area contributed by atoms with E-state index in [0.29, 0.717) is 5.22 Å². The minimum atomic E-state index is 0.705. The van der Waals surface area contributed by atoms with Gasteiger partial charge in [-0.25, -0.2) is 4.98 Å². The van der Waals surface area contributed by atoms with Crippen molar-refractivity contribution in [3.05, 3.63) is 77.2 Å². The van der Waals surface area contributed by atoms with Gasteiger partial charge in [-0.15, -0.1) is 0 Å². The summed E-state index contributed by atoms with van der Waals surface area (Å²) in [5.74, 6) is 0. The second kappa shape index (κ2) is 8.13. The molecule has 0 saturated heterocycles. The number of nitrogens with one attached hydrogen (secondary N) is 1. The minimum Gasteiger partial charge on any atom is -0.431 e. The van der Waals surface area contributed by atoms with E-state index in [1.807, 2.05) is 30.5 Å². The maximum absolute atomic E-state index is 5.89. The van der Waals surface area contributed by atoms with Crippen molar-refractivity contribution in [2.75, 3.05) is 5.43 Å². The predicted octanol–water partition coefficient (Wildman–Crippen LogP) is 7.00. The number of oxazole rings is 1. The zero-order valence-corrected chi connectivity index (χ0v) is 16.8. The van der Waals surface area contributed by atoms with Crippen molar-refractivity contribution >= 4 is 45.5 Å². The predicted molar refractivity (Wildman–Crippen MR) is 121 cm³/mol. The lowest BCUT2D eigenvalue weighted by molar-refractivity contribution is 0.490. The number of thioether (sulfide) groups is 1. The molecule has 0 bridgehead atoms. The first-order valence-electron chi connectivity index (χ1n) is 9.88. The van der Waals surface area contributed by atoms with Crippen LogP contribution in [0.2, 0.25) is 0 Å². The van der Waals surface area contributed by atoms with E-state index >= 15 is 0 Å². The molecular weight excluding hydrogens is 378 g/mol. The highest BCUT2D eigenvalue weighted by molar-refractivity contribution is 8.02. The van der Waals surface area contributed by atoms with Gasteiger partial charge in [0, 0.05) is 0 Å². The molecule has 0 spiro atoms. The first-order chi connectivity index (χ1) is 14.3. The van der Waals surface area contributed by atoms with Gasteiger partial charge in [0.15, 0.2) is 5.58 Å². The number of hydrogen-bond acceptors (Lipinski definition) is 5. The van der Waals surface area contributed by atoms with Crippen LogP contribution in [-0.2, 0) is 0 Å². The molecule has 0 radical (unpaired) electrons. The highest BCUT2D eigenvalue weighted by atomic mass is 32.2. The van der Waals surface area contributed by atoms with E-state index in [9.17, 15) is 0 Å². The number of aromatic nitrogens is 1. The topological polar surface area (TPSA) is 50.4 Å². The number of hydrazone groups is 1. The monoisotopic (exact) mass is 399 g/mol. The van der Waals surface area contributed by atoms with Crippen molar-refractivity contribution in [2.45, 2.75) is 30.9 Å². The molecule has 4 nitrogen and oxygen atoms in total. The number of allylic oxidation sites excluding steroid dienone is 2. The maximum atomic E-state index is 5.89. The van der Waals surface area contributed by atoms with E-state index in [0.717, 1.165) is 29.6 Å². The summed E-state index contributed by atoms with van der Waals surface area (Å²) in [6, 6.07) is 22.5. The van der Waals surface area contributed by atoms with Crippen LogP contribution in [0.4, 0.5) is 5.69 Å². The molecule has 1 aliphatic rings. The third-order valence-corrected chi connectivity index (χ3v) is 6.17. The Morgan fingerprint density at radius 3 is 2.69 bits per heavy atom. The number of benzene rings is 3. The quantitative estimate of drug-likeness (QED) is 0.290. The van der Waals surface area contributed by atoms with E-state index < -0.39 is 0 Å². The molecule has 0 saturated carbocycles. The zero-order valence-electron chi connectivity index (χ0n) is 16.0. The van der Waals surface area contributed by atoms with Crippen LogP contribution < -0.4 is 5.43 Å². The Balaban J connectivity index is 1.34. The maximum Gasteiger partial charge on any atom is 0.261 e. The minimum absolute atomic E-state index is 0.705. The van der Waals surface area contributed by atoms with Crippen LogP contribution in [0.1, 0.15) is 25.7 Å². The number of anilines is 1. The molecule has 0 fully saturated rings. The molecule has 3 aromatic carbocycles. The van der Waals surface area contributed by atoms with Gasteiger partial charge >= 0.3 is 0 Å². The SMILES string of the molecule is C(=NNc1ccc2ccccc2c1)C1=C(Sc2nc3ccccc3o2)CCCC1. The number of nitrogens with zero attached hydrogens (tertiary/aromatic N) is 2. The molecule has 29 heavy (non-hydrogen) atoms. The average molecular weight is 400 g/mol. The molecule has 0 amide bonds. The van der Waals surface area contributed by atoms with Crippen LogP contribution in [0, 0.1) is 0 Å². The molecule has 1 aliphatic carbocycles. The number of hydrogen-bond donors (Lipinski definition) is 1. The van der Waals surface area contributed by atoms with Crippen LogP contribution in [-0.4, -0.2) is 11.2 Å². The van der Waals surface area contributed by atoms with Gasteiger partial charge in [0.25, 0.3) is 5.22 Å². The molecule has 1 aromatic heterocycles. The van der Waals surface area contributed by atoms with Gasteiger partial charge in [0.05, 0.1) is 11.9 Å². The van der Waals surface area contributed by atoms with Crippen molar-refractivity contribution in [3.63, 3.8) is 0 Å². The first kappa shape index (κ1) is 18.0. The molecule has 4 aromatic rings. The van der Waals surface area contributed by atoms with Gasteiger partial charge in [-0.05, 0) is 83.0 Å². The lowest BCUT2D eigenvalue weighted by Gasteiger charge is -2.15. The van der Waals surface area contributed by atoms with Crippen LogP contribution in [0.5, 0.6) is 0 Å². The van der Waals surface area contributed by atoms with Crippen molar-refractivity contribution in [1.29, 1.82) is 0 Å². The molecule has 1 N–H and O–H groups in total. The molecule has 0 aliphatic heterocycles. The van der Waals surface area contributed by atoms with E-state index in [1.165, 1.54) is 34.1 Å². The van der Waals surface area contributed by atoms with Crippen molar-refractivity contribution < 1.29 is 4.42 Å². The van der Waals surface area contributed by atoms with Gasteiger partial charge in [-0.2, -0.15) is 5.10 Å². The molecule has 5 heteroatoms. The van der Waals surface area contributed by atoms with E-state index in [1.54, 1.807) is 11.8 Å². The van der Waals surface area contributed by atoms with Crippen LogP contribution in [0.15, 0.2) is 91.9 Å². The molecule has 1 heterocycles. The van der Waals surface area contributed by atoms with Crippen molar-refractivity contribution in [2.24, 2.45) is 5.10 Å². The molecule has 0 atom stereocenters. The normalized spacial score (nSPS) is 14.9. The van der Waals surface area contributed by atoms with Gasteiger partial charge in [-0.1, -0.05) is 42.5 Å². The molecule has 0 unspecified atom stereocenters. The van der Waals surface area contributed by atoms with E-state index in [4.69, 9.17) is 4.42 Å². The Labute approximate surface area is 173 Å². The van der Waals surface area contributed by atoms with E-state index in [-0.39, 0.29) is 0 Å². The van der Waals surface area contributed by atoms with E-state index in [2.05, 4.69) is 58.0 Å². The smallest absolute Gasteiger partial charge is 0.261 e. The van der Waals surface area contributed by atoms with Crippen LogP contribution in [0.25, 0.3) is 21.9 Å². The fourth-order valence-electron chi connectivity index (χ4n) is 3.60. The summed E-state index contributed by atoms with van der Waals surface area (Å²) in [5, 5.41) is 7.65.